The molecule has 0 N–H and O–H groups in total. The maximum absolute atomic E-state index is 11.3. The average Bonchev–Trinajstić information content (AvgIpc) is 2.55. The molecule has 1 aromatic heterocycles. The van der Waals surface area contributed by atoms with E-state index in [1.54, 1.807) is 12.1 Å². The van der Waals surface area contributed by atoms with Gasteiger partial charge in [-0.25, -0.2) is 4.79 Å². The summed E-state index contributed by atoms with van der Waals surface area (Å²) in [5.41, 5.74) is 1.52. The van der Waals surface area contributed by atoms with Gasteiger partial charge in [0.15, 0.2) is 0 Å². The van der Waals surface area contributed by atoms with Crippen LogP contribution in [0, 0.1) is 0 Å². The predicted molar refractivity (Wildman–Crippen MR) is 95.1 cm³/mol. The Morgan fingerprint density at radius 1 is 1.00 bits per heavy atom. The molecule has 0 bridgehead atoms. The first-order chi connectivity index (χ1) is 11.5. The van der Waals surface area contributed by atoms with Crippen LogP contribution >= 0.6 is 0 Å². The van der Waals surface area contributed by atoms with Gasteiger partial charge >= 0.3 is 5.63 Å². The van der Waals surface area contributed by atoms with Gasteiger partial charge in [-0.2, -0.15) is 0 Å². The molecule has 4 nitrogen and oxygen atoms in total. The van der Waals surface area contributed by atoms with Gasteiger partial charge in [0.25, 0.3) is 0 Å². The molecule has 0 aliphatic heterocycles. The van der Waals surface area contributed by atoms with Gasteiger partial charge in [-0.3, -0.25) is 0 Å². The number of hydrogen-bond acceptors (Lipinski definition) is 3. The van der Waals surface area contributed by atoms with Crippen LogP contribution in [0.5, 0.6) is 5.75 Å². The van der Waals surface area contributed by atoms with Gasteiger partial charge < -0.3 is 37.6 Å². The molecule has 2 aromatic carbocycles. The SMILES string of the molecule is C[N+](C)(CCOc1ccc2ccc(=O)oc2c1)Cc1ccccc1.[I-]. The van der Waals surface area contributed by atoms with Crippen molar-refractivity contribution < 1.29 is 37.6 Å². The molecule has 3 rings (SSSR count). The minimum Gasteiger partial charge on any atom is -1.00 e. The van der Waals surface area contributed by atoms with E-state index in [9.17, 15) is 4.79 Å². The normalized spacial score (nSPS) is 11.1. The van der Waals surface area contributed by atoms with E-state index in [1.165, 1.54) is 11.6 Å². The van der Waals surface area contributed by atoms with Crippen LogP contribution in [-0.2, 0) is 6.54 Å². The molecule has 0 amide bonds. The van der Waals surface area contributed by atoms with Crippen LogP contribution in [0.25, 0.3) is 11.0 Å². The van der Waals surface area contributed by atoms with Crippen molar-refractivity contribution >= 4 is 11.0 Å². The highest BCUT2D eigenvalue weighted by atomic mass is 127. The number of halogens is 1. The number of quaternary nitrogens is 1. The standard InChI is InChI=1S/C20H22NO3.HI/c1-21(2,15-16-6-4-3-5-7-16)12-13-23-18-10-8-17-9-11-20(22)24-19(17)14-18;/h3-11,14H,12-13,15H2,1-2H3;1H/q+1;/p-1. The summed E-state index contributed by atoms with van der Waals surface area (Å²) in [4.78, 5) is 11.3. The summed E-state index contributed by atoms with van der Waals surface area (Å²) in [7, 11) is 4.38. The Morgan fingerprint density at radius 2 is 1.72 bits per heavy atom. The minimum atomic E-state index is -0.347. The molecule has 0 aliphatic rings. The fourth-order valence-corrected chi connectivity index (χ4v) is 2.70. The molecule has 5 heteroatoms. The molecule has 3 aromatic rings. The second kappa shape index (κ2) is 8.49. The Kier molecular flexibility index (Phi) is 6.61. The highest BCUT2D eigenvalue weighted by Crippen LogP contribution is 2.19. The topological polar surface area (TPSA) is 39.4 Å². The van der Waals surface area contributed by atoms with Gasteiger partial charge in [-0.15, -0.1) is 0 Å². The first-order valence-electron chi connectivity index (χ1n) is 8.05. The zero-order chi connectivity index (χ0) is 17.0. The molecule has 0 aliphatic carbocycles. The fourth-order valence-electron chi connectivity index (χ4n) is 2.70. The van der Waals surface area contributed by atoms with Crippen LogP contribution in [0.3, 0.4) is 0 Å². The number of fused-ring (bicyclic) bond motifs is 1. The highest BCUT2D eigenvalue weighted by Gasteiger charge is 2.15. The van der Waals surface area contributed by atoms with Crippen LogP contribution in [0.2, 0.25) is 0 Å². The number of hydrogen-bond donors (Lipinski definition) is 0. The van der Waals surface area contributed by atoms with E-state index in [1.807, 2.05) is 18.2 Å². The van der Waals surface area contributed by atoms with E-state index >= 15 is 0 Å². The number of likely N-dealkylation sites (N-methyl/N-ethyl adjacent to an activating group) is 1. The Bertz CT molecular complexity index is 875. The first kappa shape index (κ1) is 19.5. The highest BCUT2D eigenvalue weighted by molar-refractivity contribution is 5.77. The third-order valence-corrected chi connectivity index (χ3v) is 4.01. The van der Waals surface area contributed by atoms with E-state index in [0.29, 0.717) is 12.2 Å². The summed E-state index contributed by atoms with van der Waals surface area (Å²) in [6, 6.07) is 19.2. The van der Waals surface area contributed by atoms with Gasteiger partial charge in [0.2, 0.25) is 0 Å². The maximum Gasteiger partial charge on any atom is 0.336 e. The van der Waals surface area contributed by atoms with Crippen molar-refractivity contribution in [2.45, 2.75) is 6.54 Å². The molecule has 0 unspecified atom stereocenters. The van der Waals surface area contributed by atoms with Crippen molar-refractivity contribution in [3.05, 3.63) is 76.6 Å². The lowest BCUT2D eigenvalue weighted by atomic mass is 10.2. The first-order valence-corrected chi connectivity index (χ1v) is 8.05. The second-order valence-corrected chi connectivity index (χ2v) is 6.61. The van der Waals surface area contributed by atoms with Crippen molar-refractivity contribution in [2.75, 3.05) is 27.2 Å². The van der Waals surface area contributed by atoms with Crippen molar-refractivity contribution in [3.63, 3.8) is 0 Å². The summed E-state index contributed by atoms with van der Waals surface area (Å²) in [6.07, 6.45) is 0. The fraction of sp³-hybridized carbons (Fsp3) is 0.250. The quantitative estimate of drug-likeness (QED) is 0.311. The number of ether oxygens (including phenoxy) is 1. The Hall–Kier alpha value is -1.86. The number of rotatable bonds is 6. The Balaban J connectivity index is 0.00000225. The molecule has 0 saturated heterocycles. The van der Waals surface area contributed by atoms with E-state index < -0.39 is 0 Å². The molecule has 0 radical (unpaired) electrons. The lowest BCUT2D eigenvalue weighted by Gasteiger charge is -2.29. The van der Waals surface area contributed by atoms with E-state index in [-0.39, 0.29) is 29.6 Å². The molecule has 0 atom stereocenters. The molecule has 1 heterocycles. The van der Waals surface area contributed by atoms with Crippen molar-refractivity contribution in [3.8, 4) is 5.75 Å². The summed E-state index contributed by atoms with van der Waals surface area (Å²) >= 11 is 0. The molecular weight excluding hydrogens is 429 g/mol. The van der Waals surface area contributed by atoms with Gasteiger partial charge in [-0.05, 0) is 18.2 Å². The van der Waals surface area contributed by atoms with Gasteiger partial charge in [0.1, 0.15) is 31.0 Å². The monoisotopic (exact) mass is 451 g/mol. The third kappa shape index (κ3) is 5.57. The van der Waals surface area contributed by atoms with E-state index in [2.05, 4.69) is 38.4 Å². The second-order valence-electron chi connectivity index (χ2n) is 6.61. The number of benzene rings is 2. The summed E-state index contributed by atoms with van der Waals surface area (Å²) in [5, 5.41) is 0.891. The zero-order valence-corrected chi connectivity index (χ0v) is 16.6. The molecule has 0 spiro atoms. The van der Waals surface area contributed by atoms with Crippen molar-refractivity contribution in [1.29, 1.82) is 0 Å². The van der Waals surface area contributed by atoms with E-state index in [0.717, 1.165) is 28.7 Å². The maximum atomic E-state index is 11.3. The zero-order valence-electron chi connectivity index (χ0n) is 14.4. The molecule has 25 heavy (non-hydrogen) atoms. The lowest BCUT2D eigenvalue weighted by Crippen LogP contribution is -3.00. The summed E-state index contributed by atoms with van der Waals surface area (Å²) < 4.78 is 11.9. The van der Waals surface area contributed by atoms with Gasteiger partial charge in [0.05, 0.1) is 14.1 Å². The van der Waals surface area contributed by atoms with E-state index in [4.69, 9.17) is 9.15 Å². The average molecular weight is 451 g/mol. The van der Waals surface area contributed by atoms with Crippen molar-refractivity contribution in [1.82, 2.24) is 0 Å². The summed E-state index contributed by atoms with van der Waals surface area (Å²) in [5.74, 6) is 0.719. The largest absolute Gasteiger partial charge is 1.00 e. The summed E-state index contributed by atoms with van der Waals surface area (Å²) in [6.45, 7) is 2.44. The van der Waals surface area contributed by atoms with Gasteiger partial charge in [-0.1, -0.05) is 30.3 Å². The van der Waals surface area contributed by atoms with Crippen LogP contribution in [-0.4, -0.2) is 31.7 Å². The van der Waals surface area contributed by atoms with Gasteiger partial charge in [0, 0.05) is 23.1 Å². The third-order valence-electron chi connectivity index (χ3n) is 4.01. The van der Waals surface area contributed by atoms with Crippen LogP contribution in [0.1, 0.15) is 5.56 Å². The lowest BCUT2D eigenvalue weighted by molar-refractivity contribution is -0.903. The molecule has 0 fully saturated rings. The molecular formula is C20H22INO3. The van der Waals surface area contributed by atoms with Crippen LogP contribution < -0.4 is 34.3 Å². The Labute approximate surface area is 164 Å². The predicted octanol–water partition coefficient (Wildman–Crippen LogP) is 0.452. The number of nitrogens with zero attached hydrogens (tertiary/aromatic N) is 1. The Morgan fingerprint density at radius 3 is 2.48 bits per heavy atom. The molecule has 0 saturated carbocycles. The minimum absolute atomic E-state index is 0. The smallest absolute Gasteiger partial charge is 0.336 e. The molecule has 132 valence electrons. The van der Waals surface area contributed by atoms with Crippen LogP contribution in [0.4, 0.5) is 0 Å². The van der Waals surface area contributed by atoms with Crippen LogP contribution in [0.15, 0.2) is 69.9 Å². The van der Waals surface area contributed by atoms with Crippen molar-refractivity contribution in [2.24, 2.45) is 0 Å².